The van der Waals surface area contributed by atoms with Crippen LogP contribution >= 0.6 is 0 Å². The number of benzene rings is 3. The zero-order chi connectivity index (χ0) is 30.6. The van der Waals surface area contributed by atoms with E-state index >= 15 is 0 Å². The molecule has 3 heterocycles. The maximum Gasteiger partial charge on any atom is 0.123 e. The second-order valence-corrected chi connectivity index (χ2v) is 12.1. The van der Waals surface area contributed by atoms with Crippen molar-refractivity contribution >= 4 is 0 Å². The Morgan fingerprint density at radius 2 is 0.773 bits per heavy atom. The SMILES string of the molecule is Cc1ccc2c(c1)CNCCN1CCNCc3cc(C)ccc3OCCN(CCO2)CCOc2ccc(C)cc2CNCC1. The first kappa shape index (κ1) is 32.3. The van der Waals surface area contributed by atoms with E-state index < -0.39 is 0 Å². The topological polar surface area (TPSA) is 70.3 Å². The number of fused-ring (bicyclic) bond motifs is 15. The van der Waals surface area contributed by atoms with E-state index in [2.05, 4.69) is 101 Å². The van der Waals surface area contributed by atoms with E-state index in [0.717, 1.165) is 95.8 Å². The van der Waals surface area contributed by atoms with Crippen molar-refractivity contribution in [3.63, 3.8) is 0 Å². The van der Waals surface area contributed by atoms with E-state index in [1.54, 1.807) is 0 Å². The molecule has 44 heavy (non-hydrogen) atoms. The van der Waals surface area contributed by atoms with Crippen LogP contribution in [0.3, 0.4) is 0 Å². The Bertz CT molecular complexity index is 1170. The molecule has 3 aromatic rings. The average Bonchev–Trinajstić information content (AvgIpc) is 3.00. The van der Waals surface area contributed by atoms with Crippen molar-refractivity contribution in [3.8, 4) is 17.2 Å². The molecular formula is C36H51N5O3. The second kappa shape index (κ2) is 16.8. The summed E-state index contributed by atoms with van der Waals surface area (Å²) < 4.78 is 19.2. The Morgan fingerprint density at radius 1 is 0.455 bits per heavy atom. The van der Waals surface area contributed by atoms with Gasteiger partial charge in [-0.3, -0.25) is 9.80 Å². The highest BCUT2D eigenvalue weighted by atomic mass is 16.5. The van der Waals surface area contributed by atoms with Gasteiger partial charge in [-0.1, -0.05) is 53.1 Å². The summed E-state index contributed by atoms with van der Waals surface area (Å²) in [6.45, 7) is 18.6. The quantitative estimate of drug-likeness (QED) is 0.357. The fourth-order valence-electron chi connectivity index (χ4n) is 5.87. The van der Waals surface area contributed by atoms with Crippen LogP contribution in [0, 0.1) is 20.8 Å². The summed E-state index contributed by atoms with van der Waals surface area (Å²) in [5.74, 6) is 2.87. The molecule has 0 spiro atoms. The van der Waals surface area contributed by atoms with Gasteiger partial charge in [0.2, 0.25) is 0 Å². The Labute approximate surface area is 264 Å². The first-order valence-corrected chi connectivity index (χ1v) is 16.3. The van der Waals surface area contributed by atoms with Crippen LogP contribution in [-0.4, -0.2) is 88.5 Å². The highest BCUT2D eigenvalue weighted by Crippen LogP contribution is 2.23. The Morgan fingerprint density at radius 3 is 1.11 bits per heavy atom. The van der Waals surface area contributed by atoms with Gasteiger partial charge in [0.25, 0.3) is 0 Å². The molecule has 6 rings (SSSR count). The van der Waals surface area contributed by atoms with Crippen LogP contribution in [0.1, 0.15) is 33.4 Å². The Hall–Kier alpha value is -3.14. The van der Waals surface area contributed by atoms with Crippen molar-refractivity contribution in [2.45, 2.75) is 40.4 Å². The molecular weight excluding hydrogens is 550 g/mol. The van der Waals surface area contributed by atoms with E-state index in [1.807, 2.05) is 0 Å². The summed E-state index contributed by atoms with van der Waals surface area (Å²) in [6.07, 6.45) is 0. The molecule has 0 unspecified atom stereocenters. The van der Waals surface area contributed by atoms with E-state index in [0.29, 0.717) is 19.8 Å². The molecule has 3 aromatic carbocycles. The third kappa shape index (κ3) is 9.94. The molecule has 0 amide bonds. The van der Waals surface area contributed by atoms with Gasteiger partial charge in [0.05, 0.1) is 0 Å². The van der Waals surface area contributed by atoms with Crippen molar-refractivity contribution in [2.75, 3.05) is 78.7 Å². The minimum absolute atomic E-state index is 0.600. The molecule has 0 saturated carbocycles. The van der Waals surface area contributed by atoms with Crippen molar-refractivity contribution in [2.24, 2.45) is 0 Å². The molecule has 0 aliphatic carbocycles. The van der Waals surface area contributed by atoms with Gasteiger partial charge in [-0.15, -0.1) is 0 Å². The number of ether oxygens (including phenoxy) is 3. The number of hydrogen-bond donors (Lipinski definition) is 3. The normalized spacial score (nSPS) is 21.3. The van der Waals surface area contributed by atoms with Gasteiger partial charge in [-0.2, -0.15) is 0 Å². The smallest absolute Gasteiger partial charge is 0.123 e. The van der Waals surface area contributed by atoms with Gasteiger partial charge in [-0.25, -0.2) is 0 Å². The van der Waals surface area contributed by atoms with Crippen LogP contribution in [0.25, 0.3) is 0 Å². The summed E-state index contributed by atoms with van der Waals surface area (Å²) in [4.78, 5) is 4.92. The number of rotatable bonds is 0. The summed E-state index contributed by atoms with van der Waals surface area (Å²) in [5.41, 5.74) is 7.37. The van der Waals surface area contributed by atoms with Crippen LogP contribution < -0.4 is 30.2 Å². The third-order valence-electron chi connectivity index (χ3n) is 8.40. The predicted octanol–water partition coefficient (Wildman–Crippen LogP) is 4.05. The lowest BCUT2D eigenvalue weighted by Gasteiger charge is -2.25. The highest BCUT2D eigenvalue weighted by Gasteiger charge is 2.13. The molecule has 0 saturated heterocycles. The van der Waals surface area contributed by atoms with Gasteiger partial charge in [-0.05, 0) is 39.0 Å². The molecule has 0 radical (unpaired) electrons. The molecule has 3 N–H and O–H groups in total. The molecule has 0 atom stereocenters. The number of aryl methyl sites for hydroxylation is 3. The van der Waals surface area contributed by atoms with Gasteiger partial charge >= 0.3 is 0 Å². The zero-order valence-electron chi connectivity index (χ0n) is 26.9. The van der Waals surface area contributed by atoms with Crippen molar-refractivity contribution in [1.82, 2.24) is 25.8 Å². The van der Waals surface area contributed by atoms with E-state index in [4.69, 9.17) is 14.2 Å². The van der Waals surface area contributed by atoms with Gasteiger partial charge in [0, 0.05) is 95.2 Å². The lowest BCUT2D eigenvalue weighted by molar-refractivity contribution is 0.152. The van der Waals surface area contributed by atoms with Crippen molar-refractivity contribution in [1.29, 1.82) is 0 Å². The van der Waals surface area contributed by atoms with Crippen LogP contribution in [0.4, 0.5) is 0 Å². The summed E-state index contributed by atoms with van der Waals surface area (Å²) in [7, 11) is 0. The monoisotopic (exact) mass is 601 g/mol. The minimum atomic E-state index is 0.600. The largest absolute Gasteiger partial charge is 0.492 e. The molecule has 3 aliphatic rings. The molecule has 238 valence electrons. The van der Waals surface area contributed by atoms with Crippen LogP contribution in [0.5, 0.6) is 17.2 Å². The maximum atomic E-state index is 6.40. The third-order valence-corrected chi connectivity index (χ3v) is 8.40. The fraction of sp³-hybridized carbons (Fsp3) is 0.500. The number of hydrogen-bond acceptors (Lipinski definition) is 8. The van der Waals surface area contributed by atoms with Gasteiger partial charge in [0.1, 0.15) is 37.1 Å². The van der Waals surface area contributed by atoms with Gasteiger partial charge in [0.15, 0.2) is 0 Å². The first-order valence-electron chi connectivity index (χ1n) is 16.3. The standard InChI is InChI=1S/C36H51N5O3/c1-28-4-7-34-31(22-28)25-37-10-13-40-14-11-38-26-32-23-29(2)5-8-35(32)43-20-17-41(16-19-42-34)18-21-44-36-9-6-30(3)24-33(36)27-39-12-15-40/h4-9,22-24,37-39H,10-21,25-27H2,1-3H3. The van der Waals surface area contributed by atoms with Crippen molar-refractivity contribution < 1.29 is 14.2 Å². The van der Waals surface area contributed by atoms with Gasteiger partial charge < -0.3 is 30.2 Å². The van der Waals surface area contributed by atoms with E-state index in [1.165, 1.54) is 33.4 Å². The van der Waals surface area contributed by atoms with E-state index in [9.17, 15) is 0 Å². The molecule has 8 nitrogen and oxygen atoms in total. The Kier molecular flexibility index (Phi) is 12.3. The molecule has 3 aliphatic heterocycles. The molecule has 2 bridgehead atoms. The second-order valence-electron chi connectivity index (χ2n) is 12.1. The molecule has 0 fully saturated rings. The minimum Gasteiger partial charge on any atom is -0.492 e. The molecule has 0 aromatic heterocycles. The summed E-state index contributed by atoms with van der Waals surface area (Å²) in [5, 5.41) is 11.1. The zero-order valence-corrected chi connectivity index (χ0v) is 26.9. The number of nitrogens with one attached hydrogen (secondary N) is 3. The van der Waals surface area contributed by atoms with Crippen LogP contribution in [-0.2, 0) is 19.6 Å². The fourth-order valence-corrected chi connectivity index (χ4v) is 5.87. The average molecular weight is 602 g/mol. The number of nitrogens with zero attached hydrogens (tertiary/aromatic N) is 2. The predicted molar refractivity (Wildman–Crippen MR) is 178 cm³/mol. The van der Waals surface area contributed by atoms with Crippen molar-refractivity contribution in [3.05, 3.63) is 88.0 Å². The lowest BCUT2D eigenvalue weighted by atomic mass is 10.1. The lowest BCUT2D eigenvalue weighted by Crippen LogP contribution is -2.40. The first-order chi connectivity index (χ1) is 21.5. The molecule has 8 heteroatoms. The maximum absolute atomic E-state index is 6.40. The Balaban J connectivity index is 1.40. The summed E-state index contributed by atoms with van der Waals surface area (Å²) in [6, 6.07) is 19.5. The highest BCUT2D eigenvalue weighted by molar-refractivity contribution is 5.38. The van der Waals surface area contributed by atoms with Crippen LogP contribution in [0.15, 0.2) is 54.6 Å². The van der Waals surface area contributed by atoms with Crippen LogP contribution in [0.2, 0.25) is 0 Å². The van der Waals surface area contributed by atoms with E-state index in [-0.39, 0.29) is 0 Å². The summed E-state index contributed by atoms with van der Waals surface area (Å²) >= 11 is 0.